The molecule has 0 radical (unpaired) electrons. The Hall–Kier alpha value is -4.64. The molecule has 6 rings (SSSR count). The Kier molecular flexibility index (Phi) is 8.69. The number of nitrogens with zero attached hydrogens (tertiary/aromatic N) is 4. The number of benzene rings is 5. The lowest BCUT2D eigenvalue weighted by Crippen LogP contribution is -2.26. The highest BCUT2D eigenvalue weighted by Crippen LogP contribution is 2.47. The van der Waals surface area contributed by atoms with Gasteiger partial charge in [0.15, 0.2) is 11.0 Å². The Balaban J connectivity index is 1.68. The van der Waals surface area contributed by atoms with Crippen molar-refractivity contribution in [3.63, 3.8) is 0 Å². The summed E-state index contributed by atoms with van der Waals surface area (Å²) in [6.07, 6.45) is 4.00. The van der Waals surface area contributed by atoms with Gasteiger partial charge in [-0.25, -0.2) is 14.4 Å². The van der Waals surface area contributed by atoms with Crippen molar-refractivity contribution in [2.45, 2.75) is 5.16 Å². The van der Waals surface area contributed by atoms with Gasteiger partial charge in [-0.05, 0) is 30.5 Å². The zero-order valence-corrected chi connectivity index (χ0v) is 25.7. The molecule has 43 heavy (non-hydrogen) atoms. The highest BCUT2D eigenvalue weighted by molar-refractivity contribution is 7.98. The molecule has 5 nitrogen and oxygen atoms in total. The number of imidazole rings is 1. The molecule has 0 amide bonds. The van der Waals surface area contributed by atoms with E-state index in [9.17, 15) is 0 Å². The quantitative estimate of drug-likeness (QED) is 0.0782. The molecule has 0 N–H and O–H groups in total. The molecule has 0 fully saturated rings. The summed E-state index contributed by atoms with van der Waals surface area (Å²) in [5.41, 5.74) is 2.78. The maximum atomic E-state index is 5.76. The zero-order chi connectivity index (χ0) is 29.5. The highest BCUT2D eigenvalue weighted by Gasteiger charge is 2.28. The summed E-state index contributed by atoms with van der Waals surface area (Å²) in [5.74, 6) is 1.39. The Morgan fingerprint density at radius 3 is 1.63 bits per heavy atom. The molecule has 7 heteroatoms. The van der Waals surface area contributed by atoms with Crippen molar-refractivity contribution in [3.8, 4) is 17.0 Å². The molecule has 0 bridgehead atoms. The standard InChI is InChI=1S/C36H31N4OPS/c1-41-30-25-23-29(24-26-30)35(38-40-27-34(37-36(40)43-2)28-15-7-3-8-16-28)39-42(31-17-9-4-10-18-31,32-19-11-5-12-20-32)33-21-13-6-14-22-33/h3-27H,1-2H3/b38-35+. The second kappa shape index (κ2) is 13.1. The van der Waals surface area contributed by atoms with E-state index < -0.39 is 7.05 Å². The normalized spacial score (nSPS) is 11.7. The minimum atomic E-state index is -2.58. The maximum Gasteiger partial charge on any atom is 0.189 e. The van der Waals surface area contributed by atoms with E-state index in [0.29, 0.717) is 5.84 Å². The van der Waals surface area contributed by atoms with Crippen LogP contribution >= 0.6 is 18.8 Å². The van der Waals surface area contributed by atoms with Crippen LogP contribution in [-0.4, -0.2) is 28.9 Å². The molecule has 6 aromatic rings. The third-order valence-electron chi connectivity index (χ3n) is 7.09. The summed E-state index contributed by atoms with van der Waals surface area (Å²) in [7, 11) is -0.910. The summed E-state index contributed by atoms with van der Waals surface area (Å²) >= 11 is 1.55. The van der Waals surface area contributed by atoms with E-state index in [4.69, 9.17) is 19.6 Å². The average Bonchev–Trinajstić information content (AvgIpc) is 3.51. The van der Waals surface area contributed by atoms with E-state index in [2.05, 4.69) is 84.9 Å². The Labute approximate surface area is 257 Å². The largest absolute Gasteiger partial charge is 0.497 e. The first-order chi connectivity index (χ1) is 21.2. The molecule has 1 heterocycles. The van der Waals surface area contributed by atoms with Gasteiger partial charge in [-0.15, -0.1) is 5.10 Å². The van der Waals surface area contributed by atoms with Crippen molar-refractivity contribution in [1.29, 1.82) is 0 Å². The summed E-state index contributed by atoms with van der Waals surface area (Å²) in [6, 6.07) is 49.9. The molecule has 0 aliphatic carbocycles. The van der Waals surface area contributed by atoms with Crippen LogP contribution in [0, 0.1) is 0 Å². The number of thioether (sulfide) groups is 1. The lowest BCUT2D eigenvalue weighted by atomic mass is 10.2. The third kappa shape index (κ3) is 5.98. The predicted octanol–water partition coefficient (Wildman–Crippen LogP) is 7.67. The second-order valence-electron chi connectivity index (χ2n) is 9.72. The molecule has 0 saturated heterocycles. The number of ether oxygens (including phenoxy) is 1. The molecule has 0 unspecified atom stereocenters. The van der Waals surface area contributed by atoms with Gasteiger partial charge in [0.2, 0.25) is 0 Å². The third-order valence-corrected chi connectivity index (χ3v) is 11.4. The van der Waals surface area contributed by atoms with Gasteiger partial charge in [0.1, 0.15) is 5.75 Å². The number of hydrogen-bond donors (Lipinski definition) is 0. The van der Waals surface area contributed by atoms with Crippen molar-refractivity contribution in [3.05, 3.63) is 157 Å². The highest BCUT2D eigenvalue weighted by atomic mass is 32.2. The number of hydrogen-bond acceptors (Lipinski definition) is 4. The van der Waals surface area contributed by atoms with E-state index in [0.717, 1.165) is 43.6 Å². The van der Waals surface area contributed by atoms with Crippen LogP contribution in [0.25, 0.3) is 11.3 Å². The van der Waals surface area contributed by atoms with Gasteiger partial charge in [0.05, 0.1) is 26.1 Å². The summed E-state index contributed by atoms with van der Waals surface area (Å²) in [5, 5.41) is 9.46. The molecule has 212 valence electrons. The second-order valence-corrected chi connectivity index (χ2v) is 13.5. The van der Waals surface area contributed by atoms with Crippen LogP contribution in [0.5, 0.6) is 5.75 Å². The topological polar surface area (TPSA) is 51.8 Å². The lowest BCUT2D eigenvalue weighted by Gasteiger charge is -2.27. The molecular formula is C36H31N4OPS. The predicted molar refractivity (Wildman–Crippen MR) is 182 cm³/mol. The summed E-state index contributed by atoms with van der Waals surface area (Å²) in [4.78, 5) is 4.91. The van der Waals surface area contributed by atoms with Gasteiger partial charge in [0.25, 0.3) is 0 Å². The lowest BCUT2D eigenvalue weighted by molar-refractivity contribution is 0.415. The molecule has 0 aliphatic heterocycles. The number of aromatic nitrogens is 2. The molecule has 5 aromatic carbocycles. The Morgan fingerprint density at radius 1 is 0.674 bits per heavy atom. The monoisotopic (exact) mass is 598 g/mol. The van der Waals surface area contributed by atoms with Crippen molar-refractivity contribution in [2.24, 2.45) is 9.85 Å². The van der Waals surface area contributed by atoms with Crippen molar-refractivity contribution in [1.82, 2.24) is 9.66 Å². The minimum absolute atomic E-state index is 0.611. The van der Waals surface area contributed by atoms with Crippen molar-refractivity contribution < 1.29 is 4.74 Å². The van der Waals surface area contributed by atoms with Gasteiger partial charge in [0, 0.05) is 27.0 Å². The molecule has 0 atom stereocenters. The van der Waals surface area contributed by atoms with E-state index in [1.165, 1.54) is 0 Å². The number of amidine groups is 1. The van der Waals surface area contributed by atoms with Crippen molar-refractivity contribution >= 4 is 40.6 Å². The summed E-state index contributed by atoms with van der Waals surface area (Å²) in [6.45, 7) is 0. The average molecular weight is 599 g/mol. The van der Waals surface area contributed by atoms with Crippen LogP contribution in [0.15, 0.2) is 167 Å². The van der Waals surface area contributed by atoms with Gasteiger partial charge in [-0.3, -0.25) is 0 Å². The number of rotatable bonds is 8. The van der Waals surface area contributed by atoms with E-state index in [1.807, 2.05) is 77.8 Å². The molecule has 0 aliphatic rings. The Morgan fingerprint density at radius 2 is 1.16 bits per heavy atom. The zero-order valence-electron chi connectivity index (χ0n) is 24.0. The number of methoxy groups -OCH3 is 1. The summed E-state index contributed by atoms with van der Waals surface area (Å²) < 4.78 is 13.1. The molecule has 0 saturated carbocycles. The van der Waals surface area contributed by atoms with Crippen LogP contribution in [0.3, 0.4) is 0 Å². The van der Waals surface area contributed by atoms with E-state index in [-0.39, 0.29) is 0 Å². The minimum Gasteiger partial charge on any atom is -0.497 e. The van der Waals surface area contributed by atoms with Gasteiger partial charge in [-0.2, -0.15) is 0 Å². The SMILES string of the molecule is COc1ccc(/C(N=P(c2ccccc2)(c2ccccc2)c2ccccc2)=N\n2cc(-c3ccccc3)nc2SC)cc1. The fourth-order valence-corrected chi connectivity index (χ4v) is 8.95. The fraction of sp³-hybridized carbons (Fsp3) is 0.0556. The van der Waals surface area contributed by atoms with Gasteiger partial charge < -0.3 is 4.74 Å². The van der Waals surface area contributed by atoms with Gasteiger partial charge in [-0.1, -0.05) is 133 Å². The first kappa shape index (κ1) is 28.5. The van der Waals surface area contributed by atoms with Crippen LogP contribution < -0.4 is 20.7 Å². The first-order valence-electron chi connectivity index (χ1n) is 13.9. The van der Waals surface area contributed by atoms with Crippen molar-refractivity contribution in [2.75, 3.05) is 13.4 Å². The van der Waals surface area contributed by atoms with E-state index in [1.54, 1.807) is 18.9 Å². The van der Waals surface area contributed by atoms with Gasteiger partial charge >= 0.3 is 0 Å². The maximum absolute atomic E-state index is 5.76. The van der Waals surface area contributed by atoms with E-state index >= 15 is 0 Å². The van der Waals surface area contributed by atoms with Crippen LogP contribution in [0.4, 0.5) is 0 Å². The van der Waals surface area contributed by atoms with Crippen LogP contribution in [0.2, 0.25) is 0 Å². The molecule has 0 spiro atoms. The van der Waals surface area contributed by atoms with Crippen LogP contribution in [-0.2, 0) is 0 Å². The van der Waals surface area contributed by atoms with Crippen LogP contribution in [0.1, 0.15) is 5.56 Å². The Bertz CT molecular complexity index is 1770. The fourth-order valence-electron chi connectivity index (χ4n) is 4.98. The smallest absolute Gasteiger partial charge is 0.189 e. The molecular weight excluding hydrogens is 567 g/mol. The first-order valence-corrected chi connectivity index (χ1v) is 16.9. The molecule has 1 aromatic heterocycles.